The highest BCUT2D eigenvalue weighted by atomic mass is 15.2. The summed E-state index contributed by atoms with van der Waals surface area (Å²) >= 11 is 0. The maximum atomic E-state index is 5.12. The number of aryl methyl sites for hydroxylation is 1. The van der Waals surface area contributed by atoms with Gasteiger partial charge in [0.15, 0.2) is 0 Å². The molecule has 2 aliphatic heterocycles. The molecule has 5 nitrogen and oxygen atoms in total. The Balaban J connectivity index is 1.31. The van der Waals surface area contributed by atoms with E-state index in [1.165, 1.54) is 126 Å². The Bertz CT molecular complexity index is 698. The Morgan fingerprint density at radius 3 is 2.36 bits per heavy atom. The second kappa shape index (κ2) is 13.5. The van der Waals surface area contributed by atoms with Crippen LogP contribution in [0.3, 0.4) is 0 Å². The monoisotopic (exact) mass is 455 g/mol. The van der Waals surface area contributed by atoms with Crippen molar-refractivity contribution < 1.29 is 0 Å². The fourth-order valence-electron chi connectivity index (χ4n) is 6.10. The highest BCUT2D eigenvalue weighted by Crippen LogP contribution is 2.31. The third-order valence-electron chi connectivity index (χ3n) is 8.11. The minimum Gasteiger partial charge on any atom is -0.356 e. The van der Waals surface area contributed by atoms with Crippen molar-refractivity contribution in [1.82, 2.24) is 14.9 Å². The van der Waals surface area contributed by atoms with Gasteiger partial charge in [0, 0.05) is 31.2 Å². The quantitative estimate of drug-likeness (QED) is 0.371. The van der Waals surface area contributed by atoms with E-state index < -0.39 is 0 Å². The number of nitrogens with one attached hydrogen (secondary N) is 1. The molecule has 0 spiro atoms. The Morgan fingerprint density at radius 2 is 1.55 bits per heavy atom. The van der Waals surface area contributed by atoms with Crippen molar-refractivity contribution >= 4 is 11.8 Å². The van der Waals surface area contributed by atoms with Crippen molar-refractivity contribution in [2.45, 2.75) is 122 Å². The Morgan fingerprint density at radius 1 is 0.788 bits per heavy atom. The molecular weight excluding hydrogens is 406 g/mol. The van der Waals surface area contributed by atoms with E-state index in [1.807, 2.05) is 0 Å². The van der Waals surface area contributed by atoms with Crippen LogP contribution >= 0.6 is 0 Å². The Hall–Kier alpha value is -1.36. The number of nitrogens with zero attached hydrogens (tertiary/aromatic N) is 4. The molecule has 2 saturated heterocycles. The molecule has 0 radical (unpaired) electrons. The van der Waals surface area contributed by atoms with E-state index in [2.05, 4.69) is 22.0 Å². The molecule has 0 bridgehead atoms. The van der Waals surface area contributed by atoms with Gasteiger partial charge in [-0.05, 0) is 64.5 Å². The second-order valence-electron chi connectivity index (χ2n) is 10.7. The van der Waals surface area contributed by atoms with Gasteiger partial charge in [-0.15, -0.1) is 0 Å². The third-order valence-corrected chi connectivity index (χ3v) is 8.11. The van der Waals surface area contributed by atoms with Crippen molar-refractivity contribution in [3.05, 3.63) is 11.3 Å². The molecule has 5 heteroatoms. The average molecular weight is 456 g/mol. The molecule has 1 aliphatic carbocycles. The van der Waals surface area contributed by atoms with E-state index in [0.29, 0.717) is 6.04 Å². The van der Waals surface area contributed by atoms with Gasteiger partial charge in [-0.3, -0.25) is 4.90 Å². The number of unbranched alkanes of at least 4 members (excludes halogenated alkanes) is 6. The number of aromatic nitrogens is 2. The normalized spacial score (nSPS) is 21.7. The van der Waals surface area contributed by atoms with Crippen LogP contribution in [0.5, 0.6) is 0 Å². The van der Waals surface area contributed by atoms with Crippen LogP contribution in [-0.2, 0) is 12.8 Å². The van der Waals surface area contributed by atoms with Crippen LogP contribution in [0.25, 0.3) is 0 Å². The van der Waals surface area contributed by atoms with Gasteiger partial charge >= 0.3 is 0 Å². The number of anilines is 2. The van der Waals surface area contributed by atoms with Crippen molar-refractivity contribution in [3.63, 3.8) is 0 Å². The van der Waals surface area contributed by atoms with E-state index in [4.69, 9.17) is 9.97 Å². The summed E-state index contributed by atoms with van der Waals surface area (Å²) in [5.74, 6) is 2.14. The highest BCUT2D eigenvalue weighted by Gasteiger charge is 2.25. The molecule has 3 heterocycles. The molecule has 4 rings (SSSR count). The highest BCUT2D eigenvalue weighted by molar-refractivity contribution is 5.54. The third kappa shape index (κ3) is 7.31. The van der Waals surface area contributed by atoms with E-state index in [-0.39, 0.29) is 0 Å². The number of hydrogen-bond donors (Lipinski definition) is 1. The van der Waals surface area contributed by atoms with Gasteiger partial charge in [-0.25, -0.2) is 4.98 Å². The van der Waals surface area contributed by atoms with Crippen LogP contribution in [0, 0.1) is 0 Å². The summed E-state index contributed by atoms with van der Waals surface area (Å²) in [5, 5.41) is 3.70. The molecule has 0 saturated carbocycles. The Kier molecular flexibility index (Phi) is 10.1. The summed E-state index contributed by atoms with van der Waals surface area (Å²) in [6, 6.07) is 0.636. The summed E-state index contributed by atoms with van der Waals surface area (Å²) in [5.41, 5.74) is 2.76. The fraction of sp³-hybridized carbons (Fsp3) is 0.857. The first-order valence-corrected chi connectivity index (χ1v) is 14.5. The van der Waals surface area contributed by atoms with Crippen molar-refractivity contribution in [2.24, 2.45) is 0 Å². The number of piperidine rings is 1. The summed E-state index contributed by atoms with van der Waals surface area (Å²) in [4.78, 5) is 15.4. The molecule has 186 valence electrons. The lowest BCUT2D eigenvalue weighted by molar-refractivity contribution is 0.153. The van der Waals surface area contributed by atoms with Gasteiger partial charge in [-0.1, -0.05) is 64.7 Å². The lowest BCUT2D eigenvalue weighted by Crippen LogP contribution is -2.44. The van der Waals surface area contributed by atoms with Crippen molar-refractivity contribution in [1.29, 1.82) is 0 Å². The lowest BCUT2D eigenvalue weighted by atomic mass is 10.0. The van der Waals surface area contributed by atoms with Gasteiger partial charge in [0.2, 0.25) is 5.95 Å². The van der Waals surface area contributed by atoms with Gasteiger partial charge in [-0.2, -0.15) is 4.98 Å². The van der Waals surface area contributed by atoms with E-state index in [1.54, 1.807) is 0 Å². The average Bonchev–Trinajstić information content (AvgIpc) is 3.15. The van der Waals surface area contributed by atoms with E-state index in [9.17, 15) is 0 Å². The summed E-state index contributed by atoms with van der Waals surface area (Å²) in [6.07, 6.45) is 22.7. The number of likely N-dealkylation sites (tertiary alicyclic amines) is 1. The molecule has 1 unspecified atom stereocenters. The molecule has 0 amide bonds. The zero-order valence-corrected chi connectivity index (χ0v) is 21.4. The maximum Gasteiger partial charge on any atom is 0.224 e. The molecule has 2 fully saturated rings. The smallest absolute Gasteiger partial charge is 0.224 e. The standard InChI is InChI=1S/C28H49N5/c1-2-3-4-5-6-7-11-19-32-20-14-10-16-24(32)23-29-28-30-26-18-15-17-25(26)27(31-28)33-21-12-8-9-13-22-33/h24H,2-23H2,1H3,(H,29,30,31). The molecular formula is C28H49N5. The Labute approximate surface area is 203 Å². The zero-order valence-electron chi connectivity index (χ0n) is 21.4. The van der Waals surface area contributed by atoms with E-state index in [0.717, 1.165) is 38.4 Å². The molecule has 3 aliphatic rings. The van der Waals surface area contributed by atoms with Crippen LogP contribution in [0.2, 0.25) is 0 Å². The minimum atomic E-state index is 0.636. The SMILES string of the molecule is CCCCCCCCCN1CCCCC1CNc1nc2c(c(N3CCCCCC3)n1)CCC2. The van der Waals surface area contributed by atoms with E-state index >= 15 is 0 Å². The van der Waals surface area contributed by atoms with Crippen LogP contribution in [-0.4, -0.2) is 53.6 Å². The first kappa shape index (κ1) is 24.8. The zero-order chi connectivity index (χ0) is 22.7. The van der Waals surface area contributed by atoms with Crippen LogP contribution in [0.1, 0.15) is 114 Å². The predicted molar refractivity (Wildman–Crippen MR) is 140 cm³/mol. The first-order chi connectivity index (χ1) is 16.3. The molecule has 1 aromatic heterocycles. The van der Waals surface area contributed by atoms with Crippen molar-refractivity contribution in [3.8, 4) is 0 Å². The lowest BCUT2D eigenvalue weighted by Gasteiger charge is -2.36. The van der Waals surface area contributed by atoms with Crippen LogP contribution < -0.4 is 10.2 Å². The van der Waals surface area contributed by atoms with Crippen LogP contribution in [0.15, 0.2) is 0 Å². The van der Waals surface area contributed by atoms with Gasteiger partial charge in [0.1, 0.15) is 5.82 Å². The molecule has 33 heavy (non-hydrogen) atoms. The van der Waals surface area contributed by atoms with Crippen molar-refractivity contribution in [2.75, 3.05) is 42.9 Å². The number of rotatable bonds is 12. The fourth-order valence-corrected chi connectivity index (χ4v) is 6.10. The van der Waals surface area contributed by atoms with Gasteiger partial charge in [0.05, 0.1) is 5.69 Å². The second-order valence-corrected chi connectivity index (χ2v) is 10.7. The molecule has 1 aromatic rings. The number of fused-ring (bicyclic) bond motifs is 1. The largest absolute Gasteiger partial charge is 0.356 e. The van der Waals surface area contributed by atoms with Gasteiger partial charge < -0.3 is 10.2 Å². The molecule has 0 aromatic carbocycles. The molecule has 1 atom stereocenters. The van der Waals surface area contributed by atoms with Gasteiger partial charge in [0.25, 0.3) is 0 Å². The van der Waals surface area contributed by atoms with Crippen LogP contribution in [0.4, 0.5) is 11.8 Å². The maximum absolute atomic E-state index is 5.12. The first-order valence-electron chi connectivity index (χ1n) is 14.5. The summed E-state index contributed by atoms with van der Waals surface area (Å²) in [7, 11) is 0. The number of hydrogen-bond acceptors (Lipinski definition) is 5. The predicted octanol–water partition coefficient (Wildman–Crippen LogP) is 6.36. The topological polar surface area (TPSA) is 44.3 Å². The summed E-state index contributed by atoms with van der Waals surface area (Å²) < 4.78 is 0. The molecule has 1 N–H and O–H groups in total. The minimum absolute atomic E-state index is 0.636. The summed E-state index contributed by atoms with van der Waals surface area (Å²) in [6.45, 7) is 8.16.